The van der Waals surface area contributed by atoms with Crippen molar-refractivity contribution in [1.29, 1.82) is 0 Å². The molecule has 1 fully saturated rings. The summed E-state index contributed by atoms with van der Waals surface area (Å²) in [5.41, 5.74) is 0.140. The highest BCUT2D eigenvalue weighted by Crippen LogP contribution is 2.43. The zero-order chi connectivity index (χ0) is 18.3. The first-order chi connectivity index (χ1) is 11.0. The van der Waals surface area contributed by atoms with Gasteiger partial charge in [-0.05, 0) is 38.5 Å². The van der Waals surface area contributed by atoms with Gasteiger partial charge < -0.3 is 14.6 Å². The van der Waals surface area contributed by atoms with Crippen LogP contribution in [0.15, 0.2) is 18.2 Å². The summed E-state index contributed by atoms with van der Waals surface area (Å²) in [4.78, 5) is 24.3. The summed E-state index contributed by atoms with van der Waals surface area (Å²) in [7, 11) is 1.30. The molecule has 0 radical (unpaired) electrons. The van der Waals surface area contributed by atoms with Gasteiger partial charge in [-0.1, -0.05) is 29.3 Å². The smallest absolute Gasteiger partial charge is 0.315 e. The molecule has 1 aliphatic heterocycles. The summed E-state index contributed by atoms with van der Waals surface area (Å²) in [5.74, 6) is -1.37. The van der Waals surface area contributed by atoms with Crippen LogP contribution in [-0.2, 0) is 9.53 Å². The fourth-order valence-corrected chi connectivity index (χ4v) is 3.75. The lowest BCUT2D eigenvalue weighted by Gasteiger charge is -2.45. The number of hydrogen-bond acceptors (Lipinski definition) is 4. The number of methoxy groups -OCH3 is 1. The van der Waals surface area contributed by atoms with Crippen LogP contribution in [0.4, 0.5) is 4.79 Å². The van der Waals surface area contributed by atoms with E-state index in [1.165, 1.54) is 7.11 Å². The minimum Gasteiger partial charge on any atom is -0.498 e. The fraction of sp³-hybridized carbons (Fsp3) is 0.529. The summed E-state index contributed by atoms with van der Waals surface area (Å²) < 4.78 is 4.58. The maximum absolute atomic E-state index is 12.3. The number of esters is 1. The summed E-state index contributed by atoms with van der Waals surface area (Å²) in [5, 5.41) is 12.8. The number of benzene rings is 1. The van der Waals surface area contributed by atoms with Crippen molar-refractivity contribution in [2.45, 2.75) is 32.2 Å². The zero-order valence-electron chi connectivity index (χ0n) is 14.1. The van der Waals surface area contributed by atoms with Crippen LogP contribution in [0, 0.1) is 5.92 Å². The van der Waals surface area contributed by atoms with Gasteiger partial charge in [-0.15, -0.1) is 0 Å². The van der Waals surface area contributed by atoms with Gasteiger partial charge in [-0.25, -0.2) is 0 Å². The molecule has 1 heterocycles. The van der Waals surface area contributed by atoms with Gasteiger partial charge in [0.2, 0.25) is 0 Å². The maximum atomic E-state index is 12.3. The second kappa shape index (κ2) is 6.54. The van der Waals surface area contributed by atoms with E-state index in [0.717, 1.165) is 5.56 Å². The third-order valence-corrected chi connectivity index (χ3v) is 5.75. The Morgan fingerprint density at radius 1 is 1.21 bits per heavy atom. The number of carboxylic acid groups (broad SMARTS) is 1. The fourth-order valence-electron chi connectivity index (χ4n) is 3.44. The van der Waals surface area contributed by atoms with E-state index in [2.05, 4.69) is 0 Å². The van der Waals surface area contributed by atoms with Gasteiger partial charge >= 0.3 is 5.97 Å². The van der Waals surface area contributed by atoms with Crippen molar-refractivity contribution >= 4 is 35.3 Å². The van der Waals surface area contributed by atoms with Crippen LogP contribution >= 0.6 is 23.2 Å². The number of likely N-dealkylation sites (tertiary alicyclic amines) is 1. The van der Waals surface area contributed by atoms with Gasteiger partial charge in [0.05, 0.1) is 41.7 Å². The molecule has 5 nitrogen and oxygen atoms in total. The Hall–Kier alpha value is -1.30. The third-order valence-electron chi connectivity index (χ3n) is 5.01. The summed E-state index contributed by atoms with van der Waals surface area (Å²) in [6, 6.07) is 5.10. The molecule has 0 N–H and O–H groups in total. The lowest BCUT2D eigenvalue weighted by molar-refractivity contribution is -0.910. The summed E-state index contributed by atoms with van der Waals surface area (Å²) in [6.07, 6.45) is -1.20. The molecule has 1 saturated heterocycles. The van der Waals surface area contributed by atoms with Crippen LogP contribution in [0.25, 0.3) is 0 Å². The van der Waals surface area contributed by atoms with Crippen LogP contribution < -0.4 is 5.11 Å². The molecule has 1 aromatic carbocycles. The van der Waals surface area contributed by atoms with Crippen molar-refractivity contribution in [3.63, 3.8) is 0 Å². The molecular formula is C17H21Cl2NO4. The van der Waals surface area contributed by atoms with Gasteiger partial charge in [-0.2, -0.15) is 0 Å². The molecule has 0 spiro atoms. The van der Waals surface area contributed by atoms with E-state index in [9.17, 15) is 14.7 Å². The predicted molar refractivity (Wildman–Crippen MR) is 89.9 cm³/mol. The molecule has 0 aliphatic carbocycles. The molecule has 1 amide bonds. The van der Waals surface area contributed by atoms with Crippen molar-refractivity contribution < 1.29 is 23.9 Å². The van der Waals surface area contributed by atoms with E-state index >= 15 is 0 Å². The number of quaternary nitrogens is 1. The average Bonchev–Trinajstić information content (AvgIpc) is 2.91. The Morgan fingerprint density at radius 2 is 1.83 bits per heavy atom. The molecule has 1 aromatic rings. The van der Waals surface area contributed by atoms with E-state index in [1.54, 1.807) is 18.2 Å². The standard InChI is InChI=1S/C17H21Cl2NO4/c1-17(2,3)20(16(22)23)8-11(12(9-20)15(21)24-4)10-5-6-13(18)14(19)7-10/h5-7,11-12H,8-9H2,1-4H3/t11-,12+,20?/m1/s1. The molecule has 1 unspecified atom stereocenters. The van der Waals surface area contributed by atoms with Crippen LogP contribution in [-0.4, -0.2) is 42.3 Å². The second-order valence-electron chi connectivity index (χ2n) is 7.18. The molecular weight excluding hydrogens is 353 g/mol. The number of hydrogen-bond donors (Lipinski definition) is 0. The maximum Gasteiger partial charge on any atom is 0.315 e. The molecule has 0 saturated carbocycles. The molecule has 0 aromatic heterocycles. The number of amides is 1. The Balaban J connectivity index is 2.53. The number of carbonyl (C=O) groups is 2. The first-order valence-electron chi connectivity index (χ1n) is 7.65. The first kappa shape index (κ1) is 19.0. The number of ether oxygens (including phenoxy) is 1. The Labute approximate surface area is 151 Å². The summed E-state index contributed by atoms with van der Waals surface area (Å²) >= 11 is 12.1. The minimum atomic E-state index is -1.20. The molecule has 2 rings (SSSR count). The van der Waals surface area contributed by atoms with Crippen LogP contribution in [0.5, 0.6) is 0 Å². The number of nitrogens with zero attached hydrogens (tertiary/aromatic N) is 1. The Bertz CT molecular complexity index is 671. The molecule has 7 heteroatoms. The van der Waals surface area contributed by atoms with Crippen molar-refractivity contribution in [1.82, 2.24) is 0 Å². The van der Waals surface area contributed by atoms with Crippen molar-refractivity contribution in [3.05, 3.63) is 33.8 Å². The van der Waals surface area contributed by atoms with Gasteiger partial charge in [0.15, 0.2) is 0 Å². The van der Waals surface area contributed by atoms with E-state index < -0.39 is 23.5 Å². The predicted octanol–water partition coefficient (Wildman–Crippen LogP) is 2.84. The number of rotatable bonds is 2. The van der Waals surface area contributed by atoms with E-state index in [1.807, 2.05) is 20.8 Å². The monoisotopic (exact) mass is 373 g/mol. The SMILES string of the molecule is COC(=O)[C@H]1C[N+](C(=O)[O-])(C(C)(C)C)C[C@@H]1c1ccc(Cl)c(Cl)c1. The number of carbonyl (C=O) groups excluding carboxylic acids is 2. The molecule has 24 heavy (non-hydrogen) atoms. The highest BCUT2D eigenvalue weighted by Gasteiger charge is 2.56. The summed E-state index contributed by atoms with van der Waals surface area (Å²) in [6.45, 7) is 5.82. The van der Waals surface area contributed by atoms with E-state index in [4.69, 9.17) is 27.9 Å². The molecule has 1 aliphatic rings. The van der Waals surface area contributed by atoms with E-state index in [0.29, 0.717) is 10.0 Å². The van der Waals surface area contributed by atoms with Crippen LogP contribution in [0.2, 0.25) is 10.0 Å². The van der Waals surface area contributed by atoms with Crippen molar-refractivity contribution in [3.8, 4) is 0 Å². The minimum absolute atomic E-state index is 0.115. The zero-order valence-corrected chi connectivity index (χ0v) is 15.6. The van der Waals surface area contributed by atoms with Crippen molar-refractivity contribution in [2.75, 3.05) is 20.2 Å². The average molecular weight is 374 g/mol. The van der Waals surface area contributed by atoms with Crippen molar-refractivity contribution in [2.24, 2.45) is 5.92 Å². The van der Waals surface area contributed by atoms with Gasteiger partial charge in [0.25, 0.3) is 6.09 Å². The highest BCUT2D eigenvalue weighted by molar-refractivity contribution is 6.42. The highest BCUT2D eigenvalue weighted by atomic mass is 35.5. The quantitative estimate of drug-likeness (QED) is 0.590. The van der Waals surface area contributed by atoms with E-state index in [-0.39, 0.29) is 23.5 Å². The van der Waals surface area contributed by atoms with Gasteiger partial charge in [0.1, 0.15) is 5.92 Å². The number of halogens is 2. The molecule has 132 valence electrons. The Kier molecular flexibility index (Phi) is 5.19. The molecule has 0 bridgehead atoms. The normalized spacial score (nSPS) is 27.1. The topological polar surface area (TPSA) is 66.4 Å². The third kappa shape index (κ3) is 3.13. The first-order valence-corrected chi connectivity index (χ1v) is 8.40. The second-order valence-corrected chi connectivity index (χ2v) is 7.99. The Morgan fingerprint density at radius 3 is 2.29 bits per heavy atom. The van der Waals surface area contributed by atoms with Gasteiger partial charge in [0, 0.05) is 0 Å². The molecule has 3 atom stereocenters. The lowest BCUT2D eigenvalue weighted by atomic mass is 9.89. The van der Waals surface area contributed by atoms with Crippen LogP contribution in [0.1, 0.15) is 32.3 Å². The van der Waals surface area contributed by atoms with Gasteiger partial charge in [-0.3, -0.25) is 9.28 Å². The lowest BCUT2D eigenvalue weighted by Crippen LogP contribution is -2.66. The van der Waals surface area contributed by atoms with Crippen LogP contribution in [0.3, 0.4) is 0 Å². The largest absolute Gasteiger partial charge is 0.498 e.